The van der Waals surface area contributed by atoms with Gasteiger partial charge in [0.2, 0.25) is 5.89 Å². The highest BCUT2D eigenvalue weighted by Crippen LogP contribution is 2.58. The Hall–Kier alpha value is -1.59. The second-order valence-electron chi connectivity index (χ2n) is 6.89. The Balaban J connectivity index is 1.73. The first-order valence-electron chi connectivity index (χ1n) is 7.09. The van der Waals surface area contributed by atoms with Gasteiger partial charge in [-0.05, 0) is 46.5 Å². The first-order chi connectivity index (χ1) is 9.30. The predicted molar refractivity (Wildman–Crippen MR) is 71.2 cm³/mol. The zero-order valence-electron chi connectivity index (χ0n) is 12.5. The molecule has 1 amide bonds. The van der Waals surface area contributed by atoms with Crippen molar-refractivity contribution in [3.05, 3.63) is 11.7 Å². The van der Waals surface area contributed by atoms with Gasteiger partial charge in [0.25, 0.3) is 0 Å². The van der Waals surface area contributed by atoms with E-state index in [1.54, 1.807) is 4.90 Å². The monoisotopic (exact) mass is 279 g/mol. The van der Waals surface area contributed by atoms with Crippen molar-refractivity contribution in [3.8, 4) is 0 Å². The summed E-state index contributed by atoms with van der Waals surface area (Å²) in [7, 11) is 0. The minimum Gasteiger partial charge on any atom is -0.444 e. The maximum atomic E-state index is 12.2. The van der Waals surface area contributed by atoms with Crippen molar-refractivity contribution in [1.82, 2.24) is 15.0 Å². The Kier molecular flexibility index (Phi) is 2.81. The molecule has 0 N–H and O–H groups in total. The fourth-order valence-electron chi connectivity index (χ4n) is 3.00. The van der Waals surface area contributed by atoms with Gasteiger partial charge in [-0.25, -0.2) is 4.79 Å². The predicted octanol–water partition coefficient (Wildman–Crippen LogP) is 2.28. The molecule has 0 aromatic carbocycles. The molecular weight excluding hydrogens is 258 g/mol. The van der Waals surface area contributed by atoms with Crippen LogP contribution in [0.15, 0.2) is 4.52 Å². The van der Waals surface area contributed by atoms with Gasteiger partial charge in [0, 0.05) is 13.1 Å². The smallest absolute Gasteiger partial charge is 0.410 e. The number of fused-ring (bicyclic) bond motifs is 1. The van der Waals surface area contributed by atoms with Crippen molar-refractivity contribution in [2.75, 3.05) is 13.1 Å². The van der Waals surface area contributed by atoms with Crippen LogP contribution in [0, 0.1) is 12.8 Å². The lowest BCUT2D eigenvalue weighted by Gasteiger charge is -2.32. The molecule has 110 valence electrons. The molecule has 0 spiro atoms. The van der Waals surface area contributed by atoms with Crippen molar-refractivity contribution >= 4 is 6.09 Å². The third kappa shape index (κ3) is 2.27. The van der Waals surface area contributed by atoms with Crippen molar-refractivity contribution in [3.63, 3.8) is 0 Å². The molecule has 1 aromatic rings. The number of ether oxygens (including phenoxy) is 1. The molecule has 2 aliphatic rings. The van der Waals surface area contributed by atoms with E-state index in [1.165, 1.54) is 0 Å². The number of piperidine rings is 1. The average molecular weight is 279 g/mol. The summed E-state index contributed by atoms with van der Waals surface area (Å²) in [4.78, 5) is 18.3. The third-order valence-electron chi connectivity index (χ3n) is 4.06. The molecule has 6 nitrogen and oxygen atoms in total. The van der Waals surface area contributed by atoms with E-state index in [-0.39, 0.29) is 11.5 Å². The standard InChI is InChI=1S/C14H21N3O3/c1-9-15-11(20-16-9)14-7-10(14)5-6-17(8-14)12(18)19-13(2,3)4/h10H,5-8H2,1-4H3/t10-,14?/m0/s1. The Morgan fingerprint density at radius 3 is 2.85 bits per heavy atom. The number of likely N-dealkylation sites (tertiary alicyclic amines) is 1. The molecule has 1 saturated carbocycles. The van der Waals surface area contributed by atoms with Crippen LogP contribution >= 0.6 is 0 Å². The van der Waals surface area contributed by atoms with E-state index in [4.69, 9.17) is 9.26 Å². The van der Waals surface area contributed by atoms with Gasteiger partial charge >= 0.3 is 6.09 Å². The molecule has 2 heterocycles. The number of hydrogen-bond acceptors (Lipinski definition) is 5. The maximum Gasteiger partial charge on any atom is 0.410 e. The van der Waals surface area contributed by atoms with Gasteiger partial charge in [-0.3, -0.25) is 0 Å². The number of amides is 1. The van der Waals surface area contributed by atoms with Crippen LogP contribution < -0.4 is 0 Å². The van der Waals surface area contributed by atoms with Crippen LogP contribution in [-0.2, 0) is 10.2 Å². The summed E-state index contributed by atoms with van der Waals surface area (Å²) < 4.78 is 10.8. The number of hydrogen-bond donors (Lipinski definition) is 0. The van der Waals surface area contributed by atoms with E-state index in [2.05, 4.69) is 10.1 Å². The first kappa shape index (κ1) is 13.4. The third-order valence-corrected chi connectivity index (χ3v) is 4.06. The van der Waals surface area contributed by atoms with Gasteiger partial charge in [0.05, 0.1) is 5.41 Å². The van der Waals surface area contributed by atoms with E-state index in [0.717, 1.165) is 19.4 Å². The molecule has 0 radical (unpaired) electrons. The SMILES string of the molecule is Cc1noc(C23C[C@@H]2CCN(C(=O)OC(C)(C)C)C3)n1. The summed E-state index contributed by atoms with van der Waals surface area (Å²) in [5.74, 6) is 1.88. The highest BCUT2D eigenvalue weighted by Gasteiger charge is 2.62. The summed E-state index contributed by atoms with van der Waals surface area (Å²) >= 11 is 0. The molecular formula is C14H21N3O3. The number of rotatable bonds is 1. The zero-order chi connectivity index (χ0) is 14.5. The van der Waals surface area contributed by atoms with Crippen LogP contribution in [0.1, 0.15) is 45.3 Å². The number of carbonyl (C=O) groups excluding carboxylic acids is 1. The van der Waals surface area contributed by atoms with Crippen LogP contribution in [-0.4, -0.2) is 39.8 Å². The quantitative estimate of drug-likeness (QED) is 0.788. The molecule has 2 atom stereocenters. The molecule has 1 unspecified atom stereocenters. The lowest BCUT2D eigenvalue weighted by Crippen LogP contribution is -2.45. The molecule has 2 fully saturated rings. The van der Waals surface area contributed by atoms with Gasteiger partial charge < -0.3 is 14.2 Å². The molecule has 1 aliphatic heterocycles. The molecule has 0 bridgehead atoms. The van der Waals surface area contributed by atoms with Gasteiger partial charge in [-0.1, -0.05) is 5.16 Å². The molecule has 20 heavy (non-hydrogen) atoms. The van der Waals surface area contributed by atoms with Gasteiger partial charge in [0.1, 0.15) is 5.60 Å². The normalized spacial score (nSPS) is 29.0. The highest BCUT2D eigenvalue weighted by molar-refractivity contribution is 5.68. The second kappa shape index (κ2) is 4.20. The lowest BCUT2D eigenvalue weighted by molar-refractivity contribution is 0.0180. The van der Waals surface area contributed by atoms with Gasteiger partial charge in [-0.2, -0.15) is 4.98 Å². The number of nitrogens with zero attached hydrogens (tertiary/aromatic N) is 3. The minimum atomic E-state index is -0.467. The number of aryl methyl sites for hydroxylation is 1. The summed E-state index contributed by atoms with van der Waals surface area (Å²) in [6.45, 7) is 8.82. The van der Waals surface area contributed by atoms with Crippen molar-refractivity contribution < 1.29 is 14.1 Å². The van der Waals surface area contributed by atoms with Crippen molar-refractivity contribution in [2.24, 2.45) is 5.92 Å². The Labute approximate surface area is 118 Å². The Bertz CT molecular complexity index is 534. The molecule has 1 aromatic heterocycles. The highest BCUT2D eigenvalue weighted by atomic mass is 16.6. The van der Waals surface area contributed by atoms with Crippen molar-refractivity contribution in [2.45, 2.75) is 51.6 Å². The summed E-state index contributed by atoms with van der Waals surface area (Å²) in [5.41, 5.74) is -0.595. The minimum absolute atomic E-state index is 0.129. The van der Waals surface area contributed by atoms with E-state index in [0.29, 0.717) is 24.2 Å². The fourth-order valence-corrected chi connectivity index (χ4v) is 3.00. The summed E-state index contributed by atoms with van der Waals surface area (Å²) in [6.07, 6.45) is 1.74. The van der Waals surface area contributed by atoms with Crippen LogP contribution in [0.4, 0.5) is 4.79 Å². The van der Waals surface area contributed by atoms with Crippen LogP contribution in [0.5, 0.6) is 0 Å². The topological polar surface area (TPSA) is 68.5 Å². The second-order valence-corrected chi connectivity index (χ2v) is 6.89. The van der Waals surface area contributed by atoms with Gasteiger partial charge in [-0.15, -0.1) is 0 Å². The largest absolute Gasteiger partial charge is 0.444 e. The van der Waals surface area contributed by atoms with E-state index < -0.39 is 5.60 Å². The Morgan fingerprint density at radius 2 is 2.25 bits per heavy atom. The van der Waals surface area contributed by atoms with E-state index in [1.807, 2.05) is 27.7 Å². The fraction of sp³-hybridized carbons (Fsp3) is 0.786. The molecule has 1 aliphatic carbocycles. The molecule has 3 rings (SSSR count). The lowest BCUT2D eigenvalue weighted by atomic mass is 9.97. The van der Waals surface area contributed by atoms with E-state index >= 15 is 0 Å². The van der Waals surface area contributed by atoms with Crippen molar-refractivity contribution in [1.29, 1.82) is 0 Å². The maximum absolute atomic E-state index is 12.2. The summed E-state index contributed by atoms with van der Waals surface area (Å²) in [6, 6.07) is 0. The molecule has 1 saturated heterocycles. The zero-order valence-corrected chi connectivity index (χ0v) is 12.5. The van der Waals surface area contributed by atoms with Crippen LogP contribution in [0.25, 0.3) is 0 Å². The van der Waals surface area contributed by atoms with Crippen LogP contribution in [0.3, 0.4) is 0 Å². The summed E-state index contributed by atoms with van der Waals surface area (Å²) in [5, 5.41) is 3.87. The first-order valence-corrected chi connectivity index (χ1v) is 7.09. The number of carbonyl (C=O) groups is 1. The van der Waals surface area contributed by atoms with E-state index in [9.17, 15) is 4.79 Å². The number of aromatic nitrogens is 2. The average Bonchev–Trinajstić information content (AvgIpc) is 2.92. The Morgan fingerprint density at radius 1 is 1.50 bits per heavy atom. The van der Waals surface area contributed by atoms with Gasteiger partial charge in [0.15, 0.2) is 5.82 Å². The van der Waals surface area contributed by atoms with Crippen LogP contribution in [0.2, 0.25) is 0 Å². The molecule has 6 heteroatoms.